The van der Waals surface area contributed by atoms with Crippen LogP contribution in [-0.4, -0.2) is 23.0 Å². The van der Waals surface area contributed by atoms with Crippen LogP contribution in [0.1, 0.15) is 26.7 Å². The van der Waals surface area contributed by atoms with Crippen LogP contribution in [0.4, 0.5) is 0 Å². The summed E-state index contributed by atoms with van der Waals surface area (Å²) in [6, 6.07) is 0. The molecule has 1 aliphatic heterocycles. The van der Waals surface area contributed by atoms with Gasteiger partial charge in [-0.05, 0) is 35.9 Å². The average Bonchev–Trinajstić information content (AvgIpc) is 2.15. The van der Waals surface area contributed by atoms with Crippen molar-refractivity contribution in [2.45, 2.75) is 31.9 Å². The van der Waals surface area contributed by atoms with Crippen molar-refractivity contribution in [1.82, 2.24) is 0 Å². The Morgan fingerprint density at radius 3 is 2.44 bits per heavy atom. The lowest BCUT2D eigenvalue weighted by Gasteiger charge is -2.34. The molecular weight excluding hydrogens is 128 g/mol. The molecule has 0 N–H and O–H groups in total. The Balaban J connectivity index is 2.56. The molecule has 0 amide bonds. The summed E-state index contributed by atoms with van der Waals surface area (Å²) in [5, 5.41) is 1.06. The van der Waals surface area contributed by atoms with Crippen LogP contribution in [0.2, 0.25) is 0 Å². The molecule has 1 saturated heterocycles. The van der Waals surface area contributed by atoms with Gasteiger partial charge in [-0.1, -0.05) is 13.8 Å². The first-order valence-corrected chi connectivity index (χ1v) is 6.36. The summed E-state index contributed by atoms with van der Waals surface area (Å²) in [6.07, 6.45) is 5.52. The van der Waals surface area contributed by atoms with Gasteiger partial charge in [0.05, 0.1) is 0 Å². The van der Waals surface area contributed by atoms with E-state index in [1.54, 1.807) is 5.75 Å². The van der Waals surface area contributed by atoms with Crippen LogP contribution in [-0.2, 0) is 0 Å². The van der Waals surface area contributed by atoms with Gasteiger partial charge in [-0.25, -0.2) is 10.0 Å². The van der Waals surface area contributed by atoms with Crippen molar-refractivity contribution < 1.29 is 0 Å². The van der Waals surface area contributed by atoms with Crippen LogP contribution in [0.3, 0.4) is 0 Å². The molecule has 1 rings (SSSR count). The lowest BCUT2D eigenvalue weighted by atomic mass is 10.3. The molecule has 0 nitrogen and oxygen atoms in total. The molecule has 0 saturated carbocycles. The summed E-state index contributed by atoms with van der Waals surface area (Å²) in [4.78, 5) is 0. The fourth-order valence-corrected chi connectivity index (χ4v) is 4.44. The smallest absolute Gasteiger partial charge is 0.0142 e. The summed E-state index contributed by atoms with van der Waals surface area (Å²) >= 11 is 0. The van der Waals surface area contributed by atoms with E-state index in [-0.39, 0.29) is 10.0 Å². The summed E-state index contributed by atoms with van der Waals surface area (Å²) in [6.45, 7) is 4.79. The molecule has 1 heterocycles. The summed E-state index contributed by atoms with van der Waals surface area (Å²) in [5.41, 5.74) is 0. The first-order chi connectivity index (χ1) is 4.19. The molecule has 56 valence electrons. The number of hydrogen-bond acceptors (Lipinski definition) is 0. The van der Waals surface area contributed by atoms with E-state index in [0.717, 1.165) is 5.25 Å². The van der Waals surface area contributed by atoms with Crippen LogP contribution in [0.25, 0.3) is 0 Å². The van der Waals surface area contributed by atoms with Gasteiger partial charge in [0, 0.05) is 0 Å². The van der Waals surface area contributed by atoms with E-state index < -0.39 is 0 Å². The molecule has 9 heavy (non-hydrogen) atoms. The minimum atomic E-state index is -0.120. The van der Waals surface area contributed by atoms with E-state index >= 15 is 0 Å². The second-order valence-corrected chi connectivity index (χ2v) is 7.79. The third-order valence-electron chi connectivity index (χ3n) is 2.85. The van der Waals surface area contributed by atoms with Gasteiger partial charge in [-0.15, -0.1) is 0 Å². The minimum Gasteiger partial charge on any atom is -0.242 e. The molecule has 1 fully saturated rings. The van der Waals surface area contributed by atoms with E-state index in [4.69, 9.17) is 0 Å². The lowest BCUT2D eigenvalue weighted by Crippen LogP contribution is -2.10. The Bertz CT molecular complexity index is 101. The molecular formula is C8H18S. The topological polar surface area (TPSA) is 0 Å². The van der Waals surface area contributed by atoms with Crippen molar-refractivity contribution in [2.24, 2.45) is 0 Å². The zero-order valence-electron chi connectivity index (χ0n) is 6.81. The Hall–Kier alpha value is 0.350. The normalized spacial score (nSPS) is 50.8. The van der Waals surface area contributed by atoms with Crippen LogP contribution in [0, 0.1) is 0 Å². The first-order valence-electron chi connectivity index (χ1n) is 3.91. The fraction of sp³-hybridized carbons (Fsp3) is 1.00. The maximum atomic E-state index is 2.52. The van der Waals surface area contributed by atoms with E-state index in [0.29, 0.717) is 0 Å². The SMILES string of the molecule is CCS1(C)CCC[C@H]1C. The highest BCUT2D eigenvalue weighted by Crippen LogP contribution is 2.55. The zero-order valence-corrected chi connectivity index (χ0v) is 7.63. The Morgan fingerprint density at radius 1 is 1.56 bits per heavy atom. The largest absolute Gasteiger partial charge is 0.242 e. The van der Waals surface area contributed by atoms with Gasteiger partial charge in [0.15, 0.2) is 0 Å². The highest BCUT2D eigenvalue weighted by molar-refractivity contribution is 8.33. The van der Waals surface area contributed by atoms with Crippen molar-refractivity contribution in [3.8, 4) is 0 Å². The Labute approximate surface area is 60.3 Å². The van der Waals surface area contributed by atoms with Gasteiger partial charge >= 0.3 is 0 Å². The van der Waals surface area contributed by atoms with Crippen molar-refractivity contribution in [3.05, 3.63) is 0 Å². The number of rotatable bonds is 1. The average molecular weight is 146 g/mol. The second-order valence-electron chi connectivity index (χ2n) is 3.30. The summed E-state index contributed by atoms with van der Waals surface area (Å²) in [5.74, 6) is 3.00. The molecule has 0 aromatic rings. The molecule has 2 atom stereocenters. The molecule has 1 aliphatic rings. The highest BCUT2D eigenvalue weighted by atomic mass is 32.3. The van der Waals surface area contributed by atoms with Gasteiger partial charge in [0.25, 0.3) is 0 Å². The molecule has 0 radical (unpaired) electrons. The van der Waals surface area contributed by atoms with Gasteiger partial charge < -0.3 is 0 Å². The van der Waals surface area contributed by atoms with Crippen LogP contribution in [0.5, 0.6) is 0 Å². The summed E-state index contributed by atoms with van der Waals surface area (Å²) in [7, 11) is -0.120. The predicted molar refractivity (Wildman–Crippen MR) is 47.6 cm³/mol. The van der Waals surface area contributed by atoms with E-state index in [1.807, 2.05) is 0 Å². The second kappa shape index (κ2) is 2.53. The Morgan fingerprint density at radius 2 is 2.22 bits per heavy atom. The molecule has 1 heteroatoms. The van der Waals surface area contributed by atoms with Crippen LogP contribution in [0.15, 0.2) is 0 Å². The molecule has 1 unspecified atom stereocenters. The molecule has 0 spiro atoms. The monoisotopic (exact) mass is 146 g/mol. The van der Waals surface area contributed by atoms with Gasteiger partial charge in [0.1, 0.15) is 0 Å². The van der Waals surface area contributed by atoms with Crippen molar-refractivity contribution in [3.63, 3.8) is 0 Å². The third kappa shape index (κ3) is 1.26. The minimum absolute atomic E-state index is 0.120. The van der Waals surface area contributed by atoms with Crippen LogP contribution >= 0.6 is 10.0 Å². The fourth-order valence-electron chi connectivity index (χ4n) is 1.62. The van der Waals surface area contributed by atoms with Crippen LogP contribution < -0.4 is 0 Å². The third-order valence-corrected chi connectivity index (χ3v) is 7.57. The van der Waals surface area contributed by atoms with Gasteiger partial charge in [-0.3, -0.25) is 0 Å². The molecule has 0 aromatic heterocycles. The van der Waals surface area contributed by atoms with Crippen molar-refractivity contribution >= 4 is 10.0 Å². The highest BCUT2D eigenvalue weighted by Gasteiger charge is 2.28. The zero-order chi connectivity index (χ0) is 6.91. The van der Waals surface area contributed by atoms with Gasteiger partial charge in [-0.2, -0.15) is 0 Å². The quantitative estimate of drug-likeness (QED) is 0.533. The van der Waals surface area contributed by atoms with Gasteiger partial charge in [0.2, 0.25) is 0 Å². The molecule has 0 bridgehead atoms. The molecule has 0 aromatic carbocycles. The summed E-state index contributed by atoms with van der Waals surface area (Å²) < 4.78 is 0. The maximum absolute atomic E-state index is 2.52. The predicted octanol–water partition coefficient (Wildman–Crippen LogP) is 2.62. The standard InChI is InChI=1S/C8H18S/c1-4-9(3)7-5-6-8(9)2/h8H,4-7H2,1-3H3/t8-/m1/s1. The van der Waals surface area contributed by atoms with E-state index in [9.17, 15) is 0 Å². The van der Waals surface area contributed by atoms with E-state index in [1.165, 1.54) is 18.6 Å². The van der Waals surface area contributed by atoms with Crippen molar-refractivity contribution in [1.29, 1.82) is 0 Å². The first kappa shape index (κ1) is 7.46. The molecule has 0 aliphatic carbocycles. The van der Waals surface area contributed by atoms with E-state index in [2.05, 4.69) is 20.1 Å². The number of hydrogen-bond donors (Lipinski definition) is 0. The Kier molecular flexibility index (Phi) is 2.10. The maximum Gasteiger partial charge on any atom is -0.0142 e. The lowest BCUT2D eigenvalue weighted by molar-refractivity contribution is 0.835. The van der Waals surface area contributed by atoms with Crippen molar-refractivity contribution in [2.75, 3.05) is 17.8 Å².